The molecule has 0 aromatic carbocycles. The van der Waals surface area contributed by atoms with Gasteiger partial charge in [-0.05, 0) is 39.7 Å². The number of nitrogens with zero attached hydrogens (tertiary/aromatic N) is 1. The normalized spacial score (nSPS) is 31.8. The molecular formula is C10H20N2. The maximum absolute atomic E-state index is 3.70. The van der Waals surface area contributed by atoms with Crippen LogP contribution in [0.3, 0.4) is 0 Å². The van der Waals surface area contributed by atoms with E-state index in [2.05, 4.69) is 24.1 Å². The number of nitrogens with one attached hydrogen (secondary N) is 1. The summed E-state index contributed by atoms with van der Waals surface area (Å²) in [5.74, 6) is 0. The van der Waals surface area contributed by atoms with E-state index in [4.69, 9.17) is 0 Å². The quantitative estimate of drug-likeness (QED) is 0.681. The van der Waals surface area contributed by atoms with Crippen molar-refractivity contribution in [1.29, 1.82) is 0 Å². The van der Waals surface area contributed by atoms with E-state index >= 15 is 0 Å². The van der Waals surface area contributed by atoms with Crippen LogP contribution in [0.5, 0.6) is 0 Å². The lowest BCUT2D eigenvalue weighted by molar-refractivity contribution is 0.268. The molecule has 1 heterocycles. The zero-order chi connectivity index (χ0) is 8.55. The molecule has 0 spiro atoms. The highest BCUT2D eigenvalue weighted by atomic mass is 15.2. The molecule has 70 valence electrons. The molecular weight excluding hydrogens is 148 g/mol. The number of hydrogen-bond acceptors (Lipinski definition) is 2. The van der Waals surface area contributed by atoms with Gasteiger partial charge in [0.1, 0.15) is 0 Å². The predicted molar refractivity (Wildman–Crippen MR) is 51.3 cm³/mol. The van der Waals surface area contributed by atoms with Crippen LogP contribution >= 0.6 is 0 Å². The molecule has 2 nitrogen and oxygen atoms in total. The summed E-state index contributed by atoms with van der Waals surface area (Å²) < 4.78 is 0. The van der Waals surface area contributed by atoms with E-state index in [-0.39, 0.29) is 0 Å². The summed E-state index contributed by atoms with van der Waals surface area (Å²) in [5.41, 5.74) is 0. The summed E-state index contributed by atoms with van der Waals surface area (Å²) in [5, 5.41) is 3.70. The van der Waals surface area contributed by atoms with Crippen molar-refractivity contribution in [2.45, 2.75) is 51.2 Å². The van der Waals surface area contributed by atoms with E-state index in [1.165, 1.54) is 32.4 Å². The lowest BCUT2D eigenvalue weighted by Crippen LogP contribution is -2.36. The molecule has 1 N–H and O–H groups in total. The van der Waals surface area contributed by atoms with Crippen LogP contribution in [0.15, 0.2) is 0 Å². The van der Waals surface area contributed by atoms with Gasteiger partial charge in [-0.2, -0.15) is 0 Å². The van der Waals surface area contributed by atoms with Crippen LogP contribution in [0, 0.1) is 0 Å². The second-order valence-electron chi connectivity index (χ2n) is 4.52. The van der Waals surface area contributed by atoms with Crippen molar-refractivity contribution in [3.8, 4) is 0 Å². The van der Waals surface area contributed by atoms with Crippen LogP contribution < -0.4 is 5.32 Å². The summed E-state index contributed by atoms with van der Waals surface area (Å²) in [4.78, 5) is 2.57. The maximum atomic E-state index is 3.70. The number of hydrogen-bond donors (Lipinski definition) is 1. The molecule has 2 aliphatic rings. The first-order valence-electron chi connectivity index (χ1n) is 5.26. The maximum Gasteiger partial charge on any atom is 0.0209 e. The van der Waals surface area contributed by atoms with Gasteiger partial charge in [-0.15, -0.1) is 0 Å². The van der Waals surface area contributed by atoms with E-state index in [9.17, 15) is 0 Å². The molecule has 0 amide bonds. The van der Waals surface area contributed by atoms with Gasteiger partial charge >= 0.3 is 0 Å². The topological polar surface area (TPSA) is 15.3 Å². The average Bonchev–Trinajstić information content (AvgIpc) is 2.66. The zero-order valence-electron chi connectivity index (χ0n) is 8.21. The van der Waals surface area contributed by atoms with Gasteiger partial charge in [0.05, 0.1) is 0 Å². The molecule has 1 unspecified atom stereocenters. The van der Waals surface area contributed by atoms with Crippen molar-refractivity contribution in [3.05, 3.63) is 0 Å². The molecule has 2 heteroatoms. The molecule has 0 aromatic heterocycles. The first-order chi connectivity index (χ1) is 5.75. The average molecular weight is 168 g/mol. The molecule has 2 rings (SSSR count). The minimum atomic E-state index is 0.732. The molecule has 12 heavy (non-hydrogen) atoms. The predicted octanol–water partition coefficient (Wildman–Crippen LogP) is 1.22. The number of likely N-dealkylation sites (tertiary alicyclic amines) is 1. The van der Waals surface area contributed by atoms with Crippen LogP contribution in [-0.4, -0.2) is 36.1 Å². The molecule has 0 bridgehead atoms. The van der Waals surface area contributed by atoms with Crippen molar-refractivity contribution < 1.29 is 0 Å². The van der Waals surface area contributed by atoms with Gasteiger partial charge in [0.15, 0.2) is 0 Å². The third-order valence-corrected chi connectivity index (χ3v) is 3.00. The van der Waals surface area contributed by atoms with E-state index in [0.29, 0.717) is 0 Å². The minimum absolute atomic E-state index is 0.732. The molecule has 1 aliphatic carbocycles. The van der Waals surface area contributed by atoms with Gasteiger partial charge < -0.3 is 5.32 Å². The second-order valence-corrected chi connectivity index (χ2v) is 4.52. The van der Waals surface area contributed by atoms with E-state index < -0.39 is 0 Å². The van der Waals surface area contributed by atoms with Crippen LogP contribution in [0.4, 0.5) is 0 Å². The molecule has 1 atom stereocenters. The van der Waals surface area contributed by atoms with Crippen molar-refractivity contribution in [3.63, 3.8) is 0 Å². The Morgan fingerprint density at radius 2 is 1.92 bits per heavy atom. The molecule has 2 fully saturated rings. The summed E-state index contributed by atoms with van der Waals surface area (Å²) in [7, 11) is 0. The lowest BCUT2D eigenvalue weighted by Gasteiger charge is -2.20. The fourth-order valence-electron chi connectivity index (χ4n) is 1.98. The van der Waals surface area contributed by atoms with Gasteiger partial charge in [-0.1, -0.05) is 0 Å². The largest absolute Gasteiger partial charge is 0.310 e. The Hall–Kier alpha value is -0.0800. The van der Waals surface area contributed by atoms with Crippen LogP contribution in [0.2, 0.25) is 0 Å². The first-order valence-corrected chi connectivity index (χ1v) is 5.26. The van der Waals surface area contributed by atoms with Crippen molar-refractivity contribution in [2.75, 3.05) is 13.1 Å². The fourth-order valence-corrected chi connectivity index (χ4v) is 1.98. The van der Waals surface area contributed by atoms with Crippen molar-refractivity contribution >= 4 is 0 Å². The highest BCUT2D eigenvalue weighted by Crippen LogP contribution is 2.22. The Balaban J connectivity index is 1.73. The van der Waals surface area contributed by atoms with E-state index in [1.54, 1.807) is 0 Å². The van der Waals surface area contributed by atoms with Gasteiger partial charge in [0.25, 0.3) is 0 Å². The highest BCUT2D eigenvalue weighted by molar-refractivity contribution is 4.90. The van der Waals surface area contributed by atoms with Crippen LogP contribution in [0.25, 0.3) is 0 Å². The first kappa shape index (κ1) is 8.52. The van der Waals surface area contributed by atoms with Gasteiger partial charge in [-0.25, -0.2) is 0 Å². The zero-order valence-corrected chi connectivity index (χ0v) is 8.21. The number of rotatable bonds is 3. The van der Waals surface area contributed by atoms with E-state index in [0.717, 1.165) is 18.1 Å². The molecule has 1 saturated heterocycles. The highest BCUT2D eigenvalue weighted by Gasteiger charge is 2.29. The van der Waals surface area contributed by atoms with E-state index in [1.807, 2.05) is 0 Å². The standard InChI is InChI=1S/C10H20N2/c1-8(2)12-6-5-10(7-12)11-9-3-4-9/h8-11H,3-7H2,1-2H3. The van der Waals surface area contributed by atoms with Gasteiger partial charge in [0, 0.05) is 24.7 Å². The Bertz CT molecular complexity index is 152. The SMILES string of the molecule is CC(C)N1CCC(NC2CC2)C1. The Morgan fingerprint density at radius 1 is 1.17 bits per heavy atom. The monoisotopic (exact) mass is 168 g/mol. The van der Waals surface area contributed by atoms with Crippen LogP contribution in [0.1, 0.15) is 33.1 Å². The Morgan fingerprint density at radius 3 is 2.42 bits per heavy atom. The fraction of sp³-hybridized carbons (Fsp3) is 1.00. The van der Waals surface area contributed by atoms with Gasteiger partial charge in [-0.3, -0.25) is 4.90 Å². The minimum Gasteiger partial charge on any atom is -0.310 e. The summed E-state index contributed by atoms with van der Waals surface area (Å²) in [6, 6.07) is 2.40. The van der Waals surface area contributed by atoms with Crippen molar-refractivity contribution in [2.24, 2.45) is 0 Å². The molecule has 1 aliphatic heterocycles. The lowest BCUT2D eigenvalue weighted by atomic mass is 10.2. The molecule has 1 saturated carbocycles. The molecule has 0 radical (unpaired) electrons. The summed E-state index contributed by atoms with van der Waals surface area (Å²) in [6.45, 7) is 7.15. The third-order valence-electron chi connectivity index (χ3n) is 3.00. The smallest absolute Gasteiger partial charge is 0.0209 e. The Kier molecular flexibility index (Phi) is 2.37. The van der Waals surface area contributed by atoms with Crippen LogP contribution in [-0.2, 0) is 0 Å². The van der Waals surface area contributed by atoms with Crippen molar-refractivity contribution in [1.82, 2.24) is 10.2 Å². The Labute approximate surface area is 75.3 Å². The van der Waals surface area contributed by atoms with Gasteiger partial charge in [0.2, 0.25) is 0 Å². The molecule has 0 aromatic rings. The second kappa shape index (κ2) is 3.35. The summed E-state index contributed by atoms with van der Waals surface area (Å²) in [6.07, 6.45) is 4.19. The third kappa shape index (κ3) is 1.99. The summed E-state index contributed by atoms with van der Waals surface area (Å²) >= 11 is 0.